The number of alkyl halides is 3. The second-order valence-electron chi connectivity index (χ2n) is 2.35. The van der Waals surface area contributed by atoms with E-state index in [1.807, 2.05) is 22.6 Å². The van der Waals surface area contributed by atoms with E-state index in [-0.39, 0.29) is 11.4 Å². The van der Waals surface area contributed by atoms with E-state index in [0.717, 1.165) is 5.56 Å². The first-order chi connectivity index (χ1) is 6.06. The number of nitrogens with two attached hydrogens (primary N) is 1. The first-order valence-corrected chi connectivity index (χ1v) is 5.55. The van der Waals surface area contributed by atoms with E-state index in [9.17, 15) is 8.78 Å². The predicted molar refractivity (Wildman–Crippen MR) is 59.0 cm³/mol. The molecular weight excluding hydrogens is 357 g/mol. The zero-order valence-corrected chi connectivity index (χ0v) is 10.1. The molecule has 2 nitrogen and oxygen atoms in total. The summed E-state index contributed by atoms with van der Waals surface area (Å²) in [5, 5.41) is 0.498. The lowest BCUT2D eigenvalue weighted by atomic mass is 10.2. The van der Waals surface area contributed by atoms with Crippen molar-refractivity contribution in [3.05, 3.63) is 20.9 Å². The molecule has 0 aliphatic rings. The molecule has 0 saturated carbocycles. The average molecular weight is 363 g/mol. The third-order valence-electron chi connectivity index (χ3n) is 1.49. The van der Waals surface area contributed by atoms with Crippen LogP contribution in [0.25, 0.3) is 0 Å². The Kier molecular flexibility index (Phi) is 3.84. The molecule has 13 heavy (non-hydrogen) atoms. The van der Waals surface area contributed by atoms with Crippen LogP contribution in [0.1, 0.15) is 17.6 Å². The van der Waals surface area contributed by atoms with Crippen molar-refractivity contribution >= 4 is 44.3 Å². The van der Waals surface area contributed by atoms with Gasteiger partial charge in [-0.15, -0.1) is 0 Å². The summed E-state index contributed by atoms with van der Waals surface area (Å²) in [5.41, 5.74) is 5.86. The molecule has 1 heterocycles. The van der Waals surface area contributed by atoms with Gasteiger partial charge in [-0.1, -0.05) is 15.9 Å². The average Bonchev–Trinajstić information content (AvgIpc) is 2.03. The lowest BCUT2D eigenvalue weighted by molar-refractivity contribution is 0.152. The Hall–Kier alpha value is 0.0200. The number of anilines is 1. The van der Waals surface area contributed by atoms with Gasteiger partial charge >= 0.3 is 0 Å². The standard InChI is InChI=1S/C7H6BrF2IN2/c8-2-3-1-4(5(9)10)7(12)13-6(3)11/h1,5H,2H2,(H2,12,13). The molecule has 0 bridgehead atoms. The predicted octanol–water partition coefficient (Wildman–Crippen LogP) is 3.10. The second-order valence-corrected chi connectivity index (χ2v) is 3.93. The van der Waals surface area contributed by atoms with Crippen LogP contribution >= 0.6 is 38.5 Å². The van der Waals surface area contributed by atoms with Gasteiger partial charge in [0.1, 0.15) is 9.52 Å². The van der Waals surface area contributed by atoms with Gasteiger partial charge in [0.05, 0.1) is 5.56 Å². The lowest BCUT2D eigenvalue weighted by Gasteiger charge is -2.07. The van der Waals surface area contributed by atoms with Crippen molar-refractivity contribution in [2.75, 3.05) is 5.73 Å². The van der Waals surface area contributed by atoms with Gasteiger partial charge in [-0.05, 0) is 34.2 Å². The Morgan fingerprint density at radius 3 is 2.69 bits per heavy atom. The number of hydrogen-bond acceptors (Lipinski definition) is 2. The summed E-state index contributed by atoms with van der Waals surface area (Å²) in [6.45, 7) is 0. The molecule has 6 heteroatoms. The number of hydrogen-bond donors (Lipinski definition) is 1. The van der Waals surface area contributed by atoms with Crippen LogP contribution in [0.4, 0.5) is 14.6 Å². The Morgan fingerprint density at radius 1 is 1.62 bits per heavy atom. The highest BCUT2D eigenvalue weighted by molar-refractivity contribution is 14.1. The van der Waals surface area contributed by atoms with Crippen molar-refractivity contribution in [2.45, 2.75) is 11.8 Å². The molecule has 2 N–H and O–H groups in total. The Morgan fingerprint density at radius 2 is 2.23 bits per heavy atom. The molecule has 0 fully saturated rings. The van der Waals surface area contributed by atoms with Gasteiger partial charge in [-0.2, -0.15) is 0 Å². The summed E-state index contributed by atoms with van der Waals surface area (Å²) in [6, 6.07) is 1.38. The van der Waals surface area contributed by atoms with Gasteiger partial charge in [-0.3, -0.25) is 0 Å². The highest BCUT2D eigenvalue weighted by Gasteiger charge is 2.14. The maximum absolute atomic E-state index is 12.3. The Balaban J connectivity index is 3.22. The molecule has 0 saturated heterocycles. The molecule has 1 aromatic rings. The maximum atomic E-state index is 12.3. The number of halogens is 4. The van der Waals surface area contributed by atoms with Crippen molar-refractivity contribution < 1.29 is 8.78 Å². The van der Waals surface area contributed by atoms with E-state index in [1.165, 1.54) is 6.07 Å². The van der Waals surface area contributed by atoms with Crippen LogP contribution in [0, 0.1) is 3.70 Å². The molecule has 0 spiro atoms. The van der Waals surface area contributed by atoms with Crippen molar-refractivity contribution in [3.63, 3.8) is 0 Å². The van der Waals surface area contributed by atoms with Crippen molar-refractivity contribution in [3.8, 4) is 0 Å². The van der Waals surface area contributed by atoms with Crippen molar-refractivity contribution in [1.82, 2.24) is 4.98 Å². The van der Waals surface area contributed by atoms with Crippen LogP contribution in [0.3, 0.4) is 0 Å². The molecule has 0 radical (unpaired) electrons. The fraction of sp³-hybridized carbons (Fsp3) is 0.286. The van der Waals surface area contributed by atoms with Gasteiger partial charge < -0.3 is 5.73 Å². The largest absolute Gasteiger partial charge is 0.383 e. The summed E-state index contributed by atoms with van der Waals surface area (Å²) < 4.78 is 25.3. The van der Waals surface area contributed by atoms with Gasteiger partial charge in [0, 0.05) is 5.33 Å². The van der Waals surface area contributed by atoms with Crippen molar-refractivity contribution in [2.24, 2.45) is 0 Å². The number of aromatic nitrogens is 1. The Labute approximate surface area is 96.2 Å². The Bertz CT molecular complexity index is 320. The summed E-state index contributed by atoms with van der Waals surface area (Å²) in [5.74, 6) is -0.0934. The fourth-order valence-electron chi connectivity index (χ4n) is 0.832. The zero-order valence-electron chi connectivity index (χ0n) is 6.40. The molecule has 72 valence electrons. The molecule has 1 rings (SSSR count). The second kappa shape index (κ2) is 4.50. The number of rotatable bonds is 2. The fourth-order valence-corrected chi connectivity index (χ4v) is 2.39. The SMILES string of the molecule is Nc1nc(I)c(CBr)cc1C(F)F. The topological polar surface area (TPSA) is 38.9 Å². The van der Waals surface area contributed by atoms with E-state index in [2.05, 4.69) is 20.9 Å². The monoisotopic (exact) mass is 362 g/mol. The third kappa shape index (κ3) is 2.49. The van der Waals surface area contributed by atoms with E-state index in [0.29, 0.717) is 9.03 Å². The van der Waals surface area contributed by atoms with E-state index >= 15 is 0 Å². The summed E-state index contributed by atoms with van der Waals surface area (Å²) in [6.07, 6.45) is -2.57. The van der Waals surface area contributed by atoms with Gasteiger partial charge in [0.15, 0.2) is 0 Å². The van der Waals surface area contributed by atoms with E-state index < -0.39 is 6.43 Å². The first kappa shape index (κ1) is 11.1. The summed E-state index contributed by atoms with van der Waals surface area (Å²) in [7, 11) is 0. The molecule has 1 aromatic heterocycles. The molecule has 0 unspecified atom stereocenters. The number of nitrogen functional groups attached to an aromatic ring is 1. The zero-order chi connectivity index (χ0) is 10.0. The number of nitrogens with zero attached hydrogens (tertiary/aromatic N) is 1. The third-order valence-corrected chi connectivity index (χ3v) is 3.03. The normalized spacial score (nSPS) is 10.8. The van der Waals surface area contributed by atoms with Gasteiger partial charge in [0.25, 0.3) is 6.43 Å². The minimum Gasteiger partial charge on any atom is -0.383 e. The molecule has 0 amide bonds. The van der Waals surface area contributed by atoms with Gasteiger partial charge in [0.2, 0.25) is 0 Å². The molecule has 0 aliphatic heterocycles. The number of pyridine rings is 1. The van der Waals surface area contributed by atoms with E-state index in [1.54, 1.807) is 0 Å². The minimum atomic E-state index is -2.57. The summed E-state index contributed by atoms with van der Waals surface area (Å²) in [4.78, 5) is 3.82. The van der Waals surface area contributed by atoms with Crippen LogP contribution < -0.4 is 5.73 Å². The van der Waals surface area contributed by atoms with Crippen molar-refractivity contribution in [1.29, 1.82) is 0 Å². The lowest BCUT2D eigenvalue weighted by Crippen LogP contribution is -2.02. The smallest absolute Gasteiger partial charge is 0.267 e. The van der Waals surface area contributed by atoms with Crippen LogP contribution in [-0.2, 0) is 5.33 Å². The maximum Gasteiger partial charge on any atom is 0.267 e. The van der Waals surface area contributed by atoms with Gasteiger partial charge in [-0.25, -0.2) is 13.8 Å². The molecule has 0 aromatic carbocycles. The molecule has 0 atom stereocenters. The quantitative estimate of drug-likeness (QED) is 0.499. The molecule has 0 aliphatic carbocycles. The minimum absolute atomic E-state index is 0.0934. The first-order valence-electron chi connectivity index (χ1n) is 3.35. The summed E-state index contributed by atoms with van der Waals surface area (Å²) >= 11 is 5.15. The van der Waals surface area contributed by atoms with Crippen LogP contribution in [0.5, 0.6) is 0 Å². The van der Waals surface area contributed by atoms with E-state index in [4.69, 9.17) is 5.73 Å². The highest BCUT2D eigenvalue weighted by Crippen LogP contribution is 2.27. The van der Waals surface area contributed by atoms with Crippen LogP contribution in [0.2, 0.25) is 0 Å². The van der Waals surface area contributed by atoms with Crippen LogP contribution in [0.15, 0.2) is 6.07 Å². The molecular formula is C7H6BrF2IN2. The van der Waals surface area contributed by atoms with Crippen LogP contribution in [-0.4, -0.2) is 4.98 Å². The highest BCUT2D eigenvalue weighted by atomic mass is 127.